The van der Waals surface area contributed by atoms with Crippen LogP contribution in [0, 0.1) is 19.7 Å². The summed E-state index contributed by atoms with van der Waals surface area (Å²) < 4.78 is 14.2. The number of rotatable bonds is 0. The molecule has 0 aromatic carbocycles. The van der Waals surface area contributed by atoms with Gasteiger partial charge in [-0.25, -0.2) is 4.39 Å². The van der Waals surface area contributed by atoms with Gasteiger partial charge in [-0.05, 0) is 13.8 Å². The van der Waals surface area contributed by atoms with Gasteiger partial charge in [-0.15, -0.1) is 9.73 Å². The molecule has 2 rings (SSSR count). The molecule has 13 heavy (non-hydrogen) atoms. The van der Waals surface area contributed by atoms with Gasteiger partial charge < -0.3 is 4.98 Å². The smallest absolute Gasteiger partial charge is 0.280 e. The second-order valence-electron chi connectivity index (χ2n) is 2.78. The normalized spacial score (nSPS) is 11.0. The van der Waals surface area contributed by atoms with Crippen molar-refractivity contribution in [1.29, 1.82) is 0 Å². The molecular formula is C7H7FN4O. The number of fused-ring (bicyclic) bond motifs is 1. The molecule has 0 aliphatic rings. The van der Waals surface area contributed by atoms with Crippen molar-refractivity contribution in [2.45, 2.75) is 13.8 Å². The first-order chi connectivity index (χ1) is 6.09. The Morgan fingerprint density at radius 1 is 1.38 bits per heavy atom. The number of aromatic nitrogens is 4. The van der Waals surface area contributed by atoms with Gasteiger partial charge in [-0.2, -0.15) is 5.10 Å². The summed E-state index contributed by atoms with van der Waals surface area (Å²) >= 11 is 0. The second-order valence-corrected chi connectivity index (χ2v) is 2.78. The summed E-state index contributed by atoms with van der Waals surface area (Å²) in [5.74, 6) is -0.214. The molecule has 0 aliphatic heterocycles. The maximum absolute atomic E-state index is 13.2. The number of aryl methyl sites for hydroxylation is 2. The fourth-order valence-electron chi connectivity index (χ4n) is 1.15. The first-order valence-electron chi connectivity index (χ1n) is 3.71. The Balaban J connectivity index is 3.03. The van der Waals surface area contributed by atoms with E-state index in [4.69, 9.17) is 0 Å². The standard InChI is InChI=1S/C7H7FN4O/c1-3-5(8)6-7(13)9-4(2)11-12(6)10-3/h1-2H3,(H,9,11,13). The van der Waals surface area contributed by atoms with Crippen LogP contribution in [0.3, 0.4) is 0 Å². The van der Waals surface area contributed by atoms with Crippen molar-refractivity contribution in [3.63, 3.8) is 0 Å². The number of hydrogen-bond donors (Lipinski definition) is 1. The molecule has 1 N–H and O–H groups in total. The molecule has 0 amide bonds. The van der Waals surface area contributed by atoms with Gasteiger partial charge in [-0.1, -0.05) is 0 Å². The molecule has 0 saturated heterocycles. The molecule has 2 heterocycles. The minimum atomic E-state index is -0.617. The van der Waals surface area contributed by atoms with Crippen LogP contribution in [-0.4, -0.2) is 19.8 Å². The predicted molar refractivity (Wildman–Crippen MR) is 43.0 cm³/mol. The average molecular weight is 182 g/mol. The minimum Gasteiger partial charge on any atom is -0.307 e. The molecule has 6 heteroatoms. The highest BCUT2D eigenvalue weighted by Gasteiger charge is 2.13. The van der Waals surface area contributed by atoms with Crippen LogP contribution in [0.1, 0.15) is 11.5 Å². The Hall–Kier alpha value is -1.72. The molecule has 5 nitrogen and oxygen atoms in total. The van der Waals surface area contributed by atoms with Crippen LogP contribution in [0.15, 0.2) is 4.79 Å². The Morgan fingerprint density at radius 3 is 2.77 bits per heavy atom. The number of nitrogens with zero attached hydrogens (tertiary/aromatic N) is 3. The van der Waals surface area contributed by atoms with Crippen molar-refractivity contribution < 1.29 is 4.39 Å². The lowest BCUT2D eigenvalue weighted by Crippen LogP contribution is -2.15. The van der Waals surface area contributed by atoms with Crippen LogP contribution >= 0.6 is 0 Å². The van der Waals surface area contributed by atoms with E-state index >= 15 is 0 Å². The first kappa shape index (κ1) is 7.90. The number of hydrogen-bond acceptors (Lipinski definition) is 3. The van der Waals surface area contributed by atoms with E-state index < -0.39 is 11.4 Å². The second kappa shape index (κ2) is 2.38. The van der Waals surface area contributed by atoms with E-state index in [2.05, 4.69) is 15.2 Å². The van der Waals surface area contributed by atoms with E-state index in [-0.39, 0.29) is 11.2 Å². The van der Waals surface area contributed by atoms with Gasteiger partial charge in [0.1, 0.15) is 5.82 Å². The summed E-state index contributed by atoms with van der Waals surface area (Å²) in [7, 11) is 0. The molecule has 0 aliphatic carbocycles. The largest absolute Gasteiger partial charge is 0.307 e. The van der Waals surface area contributed by atoms with Gasteiger partial charge in [0.15, 0.2) is 11.3 Å². The lowest BCUT2D eigenvalue weighted by atomic mass is 10.4. The molecule has 0 unspecified atom stereocenters. The van der Waals surface area contributed by atoms with Crippen molar-refractivity contribution in [1.82, 2.24) is 19.8 Å². The SMILES string of the molecule is Cc1nn2nc(C)c(F)c2c(=O)[nH]1. The number of H-pyrrole nitrogens is 1. The van der Waals surface area contributed by atoms with E-state index in [0.29, 0.717) is 5.82 Å². The van der Waals surface area contributed by atoms with Gasteiger partial charge in [0.05, 0.1) is 5.69 Å². The van der Waals surface area contributed by atoms with Crippen LogP contribution < -0.4 is 5.56 Å². The van der Waals surface area contributed by atoms with Crippen LogP contribution in [0.25, 0.3) is 5.52 Å². The molecule has 0 spiro atoms. The van der Waals surface area contributed by atoms with Gasteiger partial charge in [0.2, 0.25) is 0 Å². The van der Waals surface area contributed by atoms with Crippen LogP contribution in [0.2, 0.25) is 0 Å². The summed E-state index contributed by atoms with van der Waals surface area (Å²) in [6.07, 6.45) is 0. The van der Waals surface area contributed by atoms with E-state index in [1.54, 1.807) is 6.92 Å². The predicted octanol–water partition coefficient (Wildman–Crippen LogP) is 0.174. The van der Waals surface area contributed by atoms with Crippen molar-refractivity contribution in [2.24, 2.45) is 0 Å². The molecule has 0 fully saturated rings. The van der Waals surface area contributed by atoms with Gasteiger partial charge >= 0.3 is 0 Å². The molecule has 0 atom stereocenters. The third-order valence-corrected chi connectivity index (χ3v) is 1.72. The Kier molecular flexibility index (Phi) is 1.45. The topological polar surface area (TPSA) is 63.1 Å². The fourth-order valence-corrected chi connectivity index (χ4v) is 1.15. The van der Waals surface area contributed by atoms with Crippen LogP contribution in [0.5, 0.6) is 0 Å². The zero-order valence-electron chi connectivity index (χ0n) is 7.13. The summed E-state index contributed by atoms with van der Waals surface area (Å²) in [5, 5.41) is 7.57. The quantitative estimate of drug-likeness (QED) is 0.631. The summed E-state index contributed by atoms with van der Waals surface area (Å²) in [6, 6.07) is 0. The zero-order valence-corrected chi connectivity index (χ0v) is 7.13. The monoisotopic (exact) mass is 182 g/mol. The molecule has 68 valence electrons. The van der Waals surface area contributed by atoms with Crippen molar-refractivity contribution in [3.8, 4) is 0 Å². The maximum Gasteiger partial charge on any atom is 0.280 e. The van der Waals surface area contributed by atoms with E-state index in [9.17, 15) is 9.18 Å². The van der Waals surface area contributed by atoms with Crippen LogP contribution in [-0.2, 0) is 0 Å². The molecular weight excluding hydrogens is 175 g/mol. The summed E-state index contributed by atoms with van der Waals surface area (Å²) in [5.41, 5.74) is -0.475. The minimum absolute atomic E-state index is 0.136. The number of halogens is 1. The highest BCUT2D eigenvalue weighted by molar-refractivity contribution is 5.45. The van der Waals surface area contributed by atoms with Crippen molar-refractivity contribution in [2.75, 3.05) is 0 Å². The third-order valence-electron chi connectivity index (χ3n) is 1.72. The van der Waals surface area contributed by atoms with Crippen molar-refractivity contribution in [3.05, 3.63) is 27.7 Å². The Labute approximate surface area is 72.2 Å². The lowest BCUT2D eigenvalue weighted by molar-refractivity contribution is 0.627. The lowest BCUT2D eigenvalue weighted by Gasteiger charge is -1.92. The first-order valence-corrected chi connectivity index (χ1v) is 3.71. The van der Waals surface area contributed by atoms with Gasteiger partial charge in [-0.3, -0.25) is 4.79 Å². The number of aromatic amines is 1. The van der Waals surface area contributed by atoms with Gasteiger partial charge in [0, 0.05) is 0 Å². The summed E-state index contributed by atoms with van der Waals surface area (Å²) in [4.78, 5) is 13.6. The Bertz CT molecular complexity index is 527. The maximum atomic E-state index is 13.2. The molecule has 0 saturated carbocycles. The highest BCUT2D eigenvalue weighted by atomic mass is 19.1. The third kappa shape index (κ3) is 1.02. The van der Waals surface area contributed by atoms with Crippen LogP contribution in [0.4, 0.5) is 4.39 Å². The highest BCUT2D eigenvalue weighted by Crippen LogP contribution is 2.06. The van der Waals surface area contributed by atoms with Crippen molar-refractivity contribution >= 4 is 5.52 Å². The Morgan fingerprint density at radius 2 is 2.08 bits per heavy atom. The summed E-state index contributed by atoms with van der Waals surface area (Å²) in [6.45, 7) is 3.09. The van der Waals surface area contributed by atoms with E-state index in [0.717, 1.165) is 4.63 Å². The fraction of sp³-hybridized carbons (Fsp3) is 0.286. The molecule has 0 radical (unpaired) electrons. The number of nitrogens with one attached hydrogen (secondary N) is 1. The average Bonchev–Trinajstić information content (AvgIpc) is 2.27. The van der Waals surface area contributed by atoms with E-state index in [1.807, 2.05) is 0 Å². The molecule has 2 aromatic rings. The molecule has 2 aromatic heterocycles. The zero-order chi connectivity index (χ0) is 9.59. The van der Waals surface area contributed by atoms with Gasteiger partial charge in [0.25, 0.3) is 5.56 Å². The van der Waals surface area contributed by atoms with E-state index in [1.165, 1.54) is 6.92 Å². The molecule has 0 bridgehead atoms.